The van der Waals surface area contributed by atoms with E-state index in [0.717, 1.165) is 4.59 Å². The first-order chi connectivity index (χ1) is 2.56. The van der Waals surface area contributed by atoms with Crippen LogP contribution in [0.25, 0.3) is 0 Å². The summed E-state index contributed by atoms with van der Waals surface area (Å²) in [4.78, 5) is 0. The highest BCUT2D eigenvalue weighted by molar-refractivity contribution is 3.93. The Hall–Kier alpha value is -0.120. The third-order valence-electron chi connectivity index (χ3n) is 0.671. The Morgan fingerprint density at radius 3 is 1.29 bits per heavy atom. The normalized spacial score (nSPS) is 10.3. The van der Waals surface area contributed by atoms with Gasteiger partial charge in [0.15, 0.2) is 0 Å². The lowest BCUT2D eigenvalue weighted by Gasteiger charge is -2.20. The summed E-state index contributed by atoms with van der Waals surface area (Å²) >= 11 is 0. The van der Waals surface area contributed by atoms with Gasteiger partial charge in [0.2, 0.25) is 0 Å². The van der Waals surface area contributed by atoms with Crippen molar-refractivity contribution in [1.29, 1.82) is 0 Å². The zero-order valence-corrected chi connectivity index (χ0v) is 5.39. The van der Waals surface area contributed by atoms with E-state index in [2.05, 4.69) is 26.6 Å². The van der Waals surface area contributed by atoms with Crippen LogP contribution in [0.4, 0.5) is 0 Å². The van der Waals surface area contributed by atoms with E-state index in [4.69, 9.17) is 0 Å². The number of hydrogen-bond acceptors (Lipinski definition) is 2. The van der Waals surface area contributed by atoms with Crippen LogP contribution in [0.2, 0.25) is 0 Å². The van der Waals surface area contributed by atoms with Crippen LogP contribution < -0.4 is 5.43 Å². The highest BCUT2D eigenvalue weighted by Crippen LogP contribution is 1.73. The molecule has 0 aromatic rings. The fourth-order valence-electron chi connectivity index (χ4n) is 0. The molecule has 0 aromatic carbocycles. The average Bonchev–Trinajstić information content (AvgIpc) is 1.35. The number of hydrogen-bond donors (Lipinski definition) is 1. The summed E-state index contributed by atoms with van der Waals surface area (Å²) in [5.74, 6) is 0. The van der Waals surface area contributed by atoms with E-state index in [1.54, 1.807) is 0 Å². The molecule has 0 unspecified atom stereocenters. The number of rotatable bonds is 1. The standard InChI is InChI=1S/C4H13N2.H2O/c1-5-6(2,3)4;/h5H,1-4H3;1H2/q+1;/p-1. The Kier molecular flexibility index (Phi) is 4.22. The predicted octanol–water partition coefficient (Wildman–Crippen LogP) is -0.350. The van der Waals surface area contributed by atoms with Crippen molar-refractivity contribution in [3.63, 3.8) is 0 Å². The summed E-state index contributed by atoms with van der Waals surface area (Å²) in [6.45, 7) is 0. The summed E-state index contributed by atoms with van der Waals surface area (Å²) in [6, 6.07) is 0. The molecule has 7 heavy (non-hydrogen) atoms. The summed E-state index contributed by atoms with van der Waals surface area (Å²) in [5, 5.41) is 0. The van der Waals surface area contributed by atoms with Crippen molar-refractivity contribution in [3.05, 3.63) is 0 Å². The van der Waals surface area contributed by atoms with Gasteiger partial charge >= 0.3 is 0 Å². The average molecular weight is 106 g/mol. The summed E-state index contributed by atoms with van der Waals surface area (Å²) < 4.78 is 0.819. The molecular weight excluding hydrogens is 92.1 g/mol. The van der Waals surface area contributed by atoms with Crippen LogP contribution in [0.1, 0.15) is 0 Å². The molecule has 3 heteroatoms. The minimum atomic E-state index is 0. The van der Waals surface area contributed by atoms with Crippen LogP contribution in [0.3, 0.4) is 0 Å². The molecule has 0 rings (SSSR count). The van der Waals surface area contributed by atoms with Gasteiger partial charge in [-0.15, -0.1) is 0 Å². The molecule has 0 radical (unpaired) electrons. The predicted molar refractivity (Wildman–Crippen MR) is 29.0 cm³/mol. The van der Waals surface area contributed by atoms with Gasteiger partial charge in [0, 0.05) is 7.05 Å². The Balaban J connectivity index is 0. The van der Waals surface area contributed by atoms with Crippen molar-refractivity contribution < 1.29 is 10.1 Å². The lowest BCUT2D eigenvalue weighted by atomic mass is 10.9. The minimum absolute atomic E-state index is 0. The van der Waals surface area contributed by atoms with Gasteiger partial charge in [-0.05, 0) is 0 Å². The van der Waals surface area contributed by atoms with Gasteiger partial charge in [-0.25, -0.2) is 0 Å². The van der Waals surface area contributed by atoms with Crippen molar-refractivity contribution in [2.75, 3.05) is 28.2 Å². The van der Waals surface area contributed by atoms with E-state index in [9.17, 15) is 0 Å². The molecule has 0 aliphatic heterocycles. The van der Waals surface area contributed by atoms with Crippen molar-refractivity contribution in [3.8, 4) is 0 Å². The molecule has 46 valence electrons. The van der Waals surface area contributed by atoms with Crippen molar-refractivity contribution >= 4 is 0 Å². The quantitative estimate of drug-likeness (QED) is 0.367. The van der Waals surface area contributed by atoms with Gasteiger partial charge in [-0.3, -0.25) is 4.59 Å². The monoisotopic (exact) mass is 106 g/mol. The molecule has 0 aromatic heterocycles. The van der Waals surface area contributed by atoms with Gasteiger partial charge in [-0.2, -0.15) is 5.43 Å². The second-order valence-corrected chi connectivity index (χ2v) is 2.24. The fraction of sp³-hybridized carbons (Fsp3) is 1.00. The Morgan fingerprint density at radius 1 is 1.14 bits per heavy atom. The maximum absolute atomic E-state index is 3.04. The molecule has 2 N–H and O–H groups in total. The molecule has 0 bridgehead atoms. The van der Waals surface area contributed by atoms with E-state index in [1.807, 2.05) is 7.05 Å². The van der Waals surface area contributed by atoms with Gasteiger partial charge in [0.25, 0.3) is 0 Å². The molecule has 0 atom stereocenters. The highest BCUT2D eigenvalue weighted by atomic mass is 16.0. The smallest absolute Gasteiger partial charge is 0.0853 e. The highest BCUT2D eigenvalue weighted by Gasteiger charge is 1.97. The number of nitrogens with zero attached hydrogens (tertiary/aromatic N) is 1. The van der Waals surface area contributed by atoms with E-state index in [1.165, 1.54) is 0 Å². The molecule has 0 saturated heterocycles. The van der Waals surface area contributed by atoms with Crippen LogP contribution >= 0.6 is 0 Å². The summed E-state index contributed by atoms with van der Waals surface area (Å²) in [7, 11) is 8.14. The molecule has 0 amide bonds. The van der Waals surface area contributed by atoms with Crippen LogP contribution in [-0.4, -0.2) is 38.3 Å². The lowest BCUT2D eigenvalue weighted by Crippen LogP contribution is -2.45. The first-order valence-electron chi connectivity index (χ1n) is 2.07. The Morgan fingerprint density at radius 2 is 1.29 bits per heavy atom. The van der Waals surface area contributed by atoms with E-state index < -0.39 is 0 Å². The van der Waals surface area contributed by atoms with Crippen LogP contribution in [-0.2, 0) is 0 Å². The minimum Gasteiger partial charge on any atom is -0.870 e. The van der Waals surface area contributed by atoms with Gasteiger partial charge < -0.3 is 5.48 Å². The largest absolute Gasteiger partial charge is 0.870 e. The first kappa shape index (κ1) is 9.99. The van der Waals surface area contributed by atoms with E-state index >= 15 is 0 Å². The number of quaternary nitrogens is 1. The zero-order chi connectivity index (χ0) is 5.21. The molecule has 0 spiro atoms. The van der Waals surface area contributed by atoms with Gasteiger partial charge in [-0.1, -0.05) is 0 Å². The molecule has 0 aliphatic rings. The second-order valence-electron chi connectivity index (χ2n) is 2.24. The topological polar surface area (TPSA) is 42.0 Å². The maximum atomic E-state index is 3.04. The van der Waals surface area contributed by atoms with Crippen molar-refractivity contribution in [2.45, 2.75) is 0 Å². The van der Waals surface area contributed by atoms with Crippen LogP contribution in [0.15, 0.2) is 0 Å². The van der Waals surface area contributed by atoms with Crippen LogP contribution in [0.5, 0.6) is 0 Å². The van der Waals surface area contributed by atoms with Crippen LogP contribution in [0, 0.1) is 0 Å². The molecule has 0 heterocycles. The maximum Gasteiger partial charge on any atom is 0.0853 e. The van der Waals surface area contributed by atoms with Gasteiger partial charge in [0.05, 0.1) is 21.1 Å². The van der Waals surface area contributed by atoms with E-state index in [-0.39, 0.29) is 5.48 Å². The van der Waals surface area contributed by atoms with Gasteiger partial charge in [0.1, 0.15) is 0 Å². The SMILES string of the molecule is CN[N+](C)(C)C.[OH-]. The lowest BCUT2D eigenvalue weighted by molar-refractivity contribution is -0.913. The van der Waals surface area contributed by atoms with Crippen molar-refractivity contribution in [2.24, 2.45) is 0 Å². The Labute approximate surface area is 44.8 Å². The zero-order valence-electron chi connectivity index (χ0n) is 5.39. The molecule has 3 nitrogen and oxygen atoms in total. The first-order valence-corrected chi connectivity index (χ1v) is 2.07. The van der Waals surface area contributed by atoms with Crippen molar-refractivity contribution in [1.82, 2.24) is 5.43 Å². The third kappa shape index (κ3) is 10.7. The summed E-state index contributed by atoms with van der Waals surface area (Å²) in [5.41, 5.74) is 3.04. The second kappa shape index (κ2) is 2.96. The third-order valence-corrected chi connectivity index (χ3v) is 0.671. The Bertz CT molecular complexity index is 39.4. The molecular formula is C4H14N2O. The fourth-order valence-corrected chi connectivity index (χ4v) is 0. The molecule has 0 aliphatic carbocycles. The number of nitrogens with one attached hydrogen (secondary N) is 1. The van der Waals surface area contributed by atoms with E-state index in [0.29, 0.717) is 0 Å². The molecule has 0 fully saturated rings. The molecule has 0 saturated carbocycles. The summed E-state index contributed by atoms with van der Waals surface area (Å²) in [6.07, 6.45) is 0.